The first kappa shape index (κ1) is 13.8. The van der Waals surface area contributed by atoms with E-state index in [1.54, 1.807) is 11.2 Å². The summed E-state index contributed by atoms with van der Waals surface area (Å²) < 4.78 is 1.95. The number of hydrogen-bond donors (Lipinski definition) is 2. The van der Waals surface area contributed by atoms with Gasteiger partial charge in [-0.2, -0.15) is 0 Å². The van der Waals surface area contributed by atoms with Crippen molar-refractivity contribution in [1.82, 2.24) is 25.0 Å². The second-order valence-corrected chi connectivity index (χ2v) is 5.70. The van der Waals surface area contributed by atoms with Gasteiger partial charge >= 0.3 is 12.0 Å². The molecule has 8 heteroatoms. The number of carbonyl (C=O) groups is 2. The van der Waals surface area contributed by atoms with E-state index in [1.165, 1.54) is 0 Å². The van der Waals surface area contributed by atoms with E-state index >= 15 is 0 Å². The van der Waals surface area contributed by atoms with Crippen molar-refractivity contribution < 1.29 is 14.7 Å². The molecule has 2 aliphatic rings. The van der Waals surface area contributed by atoms with Gasteiger partial charge in [-0.3, -0.25) is 4.79 Å². The number of hydrogen-bond acceptors (Lipinski definition) is 4. The number of carboxylic acid groups (broad SMARTS) is 1. The molecule has 114 valence electrons. The smallest absolute Gasteiger partial charge is 0.318 e. The highest BCUT2D eigenvalue weighted by molar-refractivity contribution is 5.74. The third-order valence-electron chi connectivity index (χ3n) is 4.33. The van der Waals surface area contributed by atoms with Crippen molar-refractivity contribution in [2.75, 3.05) is 6.54 Å². The van der Waals surface area contributed by atoms with Crippen LogP contribution in [0, 0.1) is 5.92 Å². The molecule has 1 aromatic rings. The van der Waals surface area contributed by atoms with Crippen molar-refractivity contribution in [3.8, 4) is 0 Å². The van der Waals surface area contributed by atoms with Crippen molar-refractivity contribution in [2.45, 2.75) is 44.8 Å². The highest BCUT2D eigenvalue weighted by atomic mass is 16.4. The topological polar surface area (TPSA) is 100 Å². The maximum Gasteiger partial charge on any atom is 0.318 e. The molecule has 3 rings (SSSR count). The molecule has 1 aliphatic heterocycles. The van der Waals surface area contributed by atoms with Crippen LogP contribution in [0.5, 0.6) is 0 Å². The molecule has 0 bridgehead atoms. The maximum absolute atomic E-state index is 12.3. The average Bonchev–Trinajstić information content (AvgIpc) is 2.95. The lowest BCUT2D eigenvalue weighted by Gasteiger charge is -2.31. The van der Waals surface area contributed by atoms with Crippen LogP contribution < -0.4 is 5.32 Å². The van der Waals surface area contributed by atoms with Gasteiger partial charge in [-0.15, -0.1) is 10.2 Å². The summed E-state index contributed by atoms with van der Waals surface area (Å²) in [4.78, 5) is 24.9. The van der Waals surface area contributed by atoms with E-state index in [4.69, 9.17) is 5.11 Å². The molecule has 0 unspecified atom stereocenters. The second-order valence-electron chi connectivity index (χ2n) is 5.70. The van der Waals surface area contributed by atoms with Gasteiger partial charge in [0.25, 0.3) is 0 Å². The molecule has 2 heterocycles. The van der Waals surface area contributed by atoms with E-state index in [0.29, 0.717) is 32.5 Å². The summed E-state index contributed by atoms with van der Waals surface area (Å²) in [5.41, 5.74) is 0. The number of urea groups is 1. The van der Waals surface area contributed by atoms with E-state index in [-0.39, 0.29) is 18.0 Å². The van der Waals surface area contributed by atoms with Gasteiger partial charge < -0.3 is 19.9 Å². The Hall–Kier alpha value is -2.12. The summed E-state index contributed by atoms with van der Waals surface area (Å²) in [5.74, 6) is -0.187. The minimum Gasteiger partial charge on any atom is -0.481 e. The minimum atomic E-state index is -0.727. The first-order valence-corrected chi connectivity index (χ1v) is 7.28. The Labute approximate surface area is 122 Å². The fourth-order valence-corrected chi connectivity index (χ4v) is 2.99. The highest BCUT2D eigenvalue weighted by Crippen LogP contribution is 2.24. The van der Waals surface area contributed by atoms with Crippen LogP contribution in [0.15, 0.2) is 6.33 Å². The number of aromatic nitrogens is 3. The summed E-state index contributed by atoms with van der Waals surface area (Å²) >= 11 is 0. The molecular weight excluding hydrogens is 274 g/mol. The normalized spacial score (nSPS) is 25.2. The van der Waals surface area contributed by atoms with Gasteiger partial charge in [0, 0.05) is 19.1 Å². The molecule has 0 saturated heterocycles. The van der Waals surface area contributed by atoms with Crippen molar-refractivity contribution in [3.63, 3.8) is 0 Å². The molecule has 1 fully saturated rings. The van der Waals surface area contributed by atoms with E-state index in [2.05, 4.69) is 15.5 Å². The van der Waals surface area contributed by atoms with Crippen LogP contribution in [0.25, 0.3) is 0 Å². The predicted octanol–water partition coefficient (Wildman–Crippen LogP) is 0.447. The Balaban J connectivity index is 1.50. The van der Waals surface area contributed by atoms with E-state index in [1.807, 2.05) is 4.57 Å². The molecule has 1 saturated carbocycles. The summed E-state index contributed by atoms with van der Waals surface area (Å²) in [7, 11) is 0. The molecule has 0 atom stereocenters. The third kappa shape index (κ3) is 2.98. The van der Waals surface area contributed by atoms with Crippen LogP contribution >= 0.6 is 0 Å². The lowest BCUT2D eigenvalue weighted by atomic mass is 9.86. The van der Waals surface area contributed by atoms with Crippen LogP contribution in [0.3, 0.4) is 0 Å². The molecule has 0 radical (unpaired) electrons. The number of aliphatic carboxylic acids is 1. The Morgan fingerprint density at radius 3 is 2.71 bits per heavy atom. The molecule has 8 nitrogen and oxygen atoms in total. The van der Waals surface area contributed by atoms with Crippen molar-refractivity contribution in [3.05, 3.63) is 12.2 Å². The van der Waals surface area contributed by atoms with Gasteiger partial charge in [-0.25, -0.2) is 4.79 Å². The van der Waals surface area contributed by atoms with Crippen LogP contribution in [0.4, 0.5) is 4.79 Å². The van der Waals surface area contributed by atoms with E-state index < -0.39 is 5.97 Å². The zero-order chi connectivity index (χ0) is 14.8. The molecule has 2 amide bonds. The summed E-state index contributed by atoms with van der Waals surface area (Å²) in [6.45, 7) is 1.82. The van der Waals surface area contributed by atoms with Gasteiger partial charge in [0.15, 0.2) is 5.82 Å². The monoisotopic (exact) mass is 293 g/mol. The number of carboxylic acids is 1. The Morgan fingerprint density at radius 1 is 1.24 bits per heavy atom. The number of amides is 2. The molecule has 2 N–H and O–H groups in total. The molecular formula is C13H19N5O3. The fraction of sp³-hybridized carbons (Fsp3) is 0.692. The van der Waals surface area contributed by atoms with Gasteiger partial charge in [0.2, 0.25) is 0 Å². The summed E-state index contributed by atoms with van der Waals surface area (Å²) in [6, 6.07) is -0.0177. The Bertz CT molecular complexity index is 536. The summed E-state index contributed by atoms with van der Waals surface area (Å²) in [5, 5.41) is 19.8. The summed E-state index contributed by atoms with van der Waals surface area (Å²) in [6.07, 6.45) is 4.40. The average molecular weight is 293 g/mol. The fourth-order valence-electron chi connectivity index (χ4n) is 2.99. The highest BCUT2D eigenvalue weighted by Gasteiger charge is 2.28. The standard InChI is InChI=1S/C13H19N5O3/c19-12(20)9-1-3-10(4-2-9)15-13(21)17-5-6-18-8-14-16-11(18)7-17/h8-10H,1-7H2,(H,15,21)(H,19,20). The molecule has 1 aliphatic carbocycles. The van der Waals surface area contributed by atoms with Crippen LogP contribution in [0.1, 0.15) is 31.5 Å². The van der Waals surface area contributed by atoms with Gasteiger partial charge in [-0.1, -0.05) is 0 Å². The van der Waals surface area contributed by atoms with Gasteiger partial charge in [0.05, 0.1) is 12.5 Å². The number of carbonyl (C=O) groups excluding carboxylic acids is 1. The maximum atomic E-state index is 12.3. The van der Waals surface area contributed by atoms with Crippen LogP contribution in [-0.4, -0.2) is 49.4 Å². The van der Waals surface area contributed by atoms with Crippen LogP contribution in [0.2, 0.25) is 0 Å². The van der Waals surface area contributed by atoms with Crippen molar-refractivity contribution in [2.24, 2.45) is 5.92 Å². The quantitative estimate of drug-likeness (QED) is 0.824. The largest absolute Gasteiger partial charge is 0.481 e. The molecule has 0 aromatic carbocycles. The number of nitrogens with one attached hydrogen (secondary N) is 1. The van der Waals surface area contributed by atoms with Crippen LogP contribution in [-0.2, 0) is 17.9 Å². The third-order valence-corrected chi connectivity index (χ3v) is 4.33. The predicted molar refractivity (Wildman–Crippen MR) is 72.3 cm³/mol. The number of rotatable bonds is 2. The van der Waals surface area contributed by atoms with Crippen molar-refractivity contribution in [1.29, 1.82) is 0 Å². The first-order valence-electron chi connectivity index (χ1n) is 7.28. The molecule has 0 spiro atoms. The Kier molecular flexibility index (Phi) is 3.76. The lowest BCUT2D eigenvalue weighted by molar-refractivity contribution is -0.142. The SMILES string of the molecule is O=C(O)C1CCC(NC(=O)N2CCn3cnnc3C2)CC1. The first-order chi connectivity index (χ1) is 10.1. The molecule has 21 heavy (non-hydrogen) atoms. The zero-order valence-corrected chi connectivity index (χ0v) is 11.7. The van der Waals surface area contributed by atoms with E-state index in [9.17, 15) is 9.59 Å². The van der Waals surface area contributed by atoms with E-state index in [0.717, 1.165) is 18.7 Å². The number of nitrogens with zero attached hydrogens (tertiary/aromatic N) is 4. The second kappa shape index (κ2) is 5.71. The minimum absolute atomic E-state index is 0.0768. The Morgan fingerprint density at radius 2 is 2.00 bits per heavy atom. The zero-order valence-electron chi connectivity index (χ0n) is 11.7. The van der Waals surface area contributed by atoms with Gasteiger partial charge in [-0.05, 0) is 25.7 Å². The molecule has 1 aromatic heterocycles. The van der Waals surface area contributed by atoms with Gasteiger partial charge in [0.1, 0.15) is 6.33 Å². The lowest BCUT2D eigenvalue weighted by Crippen LogP contribution is -2.48. The van der Waals surface area contributed by atoms with Crippen molar-refractivity contribution >= 4 is 12.0 Å². The number of fused-ring (bicyclic) bond motifs is 1.